The number of fused-ring (bicyclic) bond motifs is 1. The van der Waals surface area contributed by atoms with Crippen LogP contribution in [0.5, 0.6) is 0 Å². The van der Waals surface area contributed by atoms with Gasteiger partial charge in [-0.1, -0.05) is 6.07 Å². The van der Waals surface area contributed by atoms with Crippen LogP contribution in [-0.2, 0) is 22.3 Å². The van der Waals surface area contributed by atoms with Crippen LogP contribution in [0.4, 0.5) is 34.9 Å². The van der Waals surface area contributed by atoms with Gasteiger partial charge >= 0.3 is 6.18 Å². The minimum Gasteiger partial charge on any atom is -0.389 e. The highest BCUT2D eigenvalue weighted by Crippen LogP contribution is 2.45. The molecule has 4 aliphatic heterocycles. The van der Waals surface area contributed by atoms with Crippen molar-refractivity contribution >= 4 is 52.9 Å². The quantitative estimate of drug-likeness (QED) is 0.0674. The Kier molecular flexibility index (Phi) is 10.9. The molecule has 20 heteroatoms. The number of imide groups is 2. The van der Waals surface area contributed by atoms with Crippen molar-refractivity contribution < 1.29 is 41.8 Å². The van der Waals surface area contributed by atoms with E-state index in [0.717, 1.165) is 50.5 Å². The van der Waals surface area contributed by atoms with Gasteiger partial charge in [-0.25, -0.2) is 14.4 Å². The molecule has 316 valence electrons. The molecule has 15 nitrogen and oxygen atoms in total. The summed E-state index contributed by atoms with van der Waals surface area (Å²) in [5.41, 5.74) is -1.30. The Bertz CT molecular complexity index is 2350. The van der Waals surface area contributed by atoms with Gasteiger partial charge in [-0.15, -0.1) is 0 Å². The molecule has 0 bridgehead atoms. The number of hydrogen-bond donors (Lipinski definition) is 4. The highest BCUT2D eigenvalue weighted by atomic mass is 32.2. The van der Waals surface area contributed by atoms with Gasteiger partial charge in [0.1, 0.15) is 17.4 Å². The third-order valence-corrected chi connectivity index (χ3v) is 12.1. The zero-order valence-corrected chi connectivity index (χ0v) is 33.5. The Morgan fingerprint density at radius 3 is 2.50 bits per heavy atom. The van der Waals surface area contributed by atoms with Crippen LogP contribution in [0, 0.1) is 11.2 Å². The van der Waals surface area contributed by atoms with Gasteiger partial charge in [0, 0.05) is 60.9 Å². The molecule has 3 fully saturated rings. The fraction of sp³-hybridized carbons (Fsp3) is 0.425. The third-order valence-electron chi connectivity index (χ3n) is 11.2. The van der Waals surface area contributed by atoms with Crippen LogP contribution in [0.2, 0.25) is 0 Å². The fourth-order valence-electron chi connectivity index (χ4n) is 8.22. The van der Waals surface area contributed by atoms with E-state index in [-0.39, 0.29) is 47.6 Å². The Hall–Kier alpha value is -5.44. The molecule has 1 unspecified atom stereocenters. The Morgan fingerprint density at radius 1 is 1.03 bits per heavy atom. The highest BCUT2D eigenvalue weighted by Gasteiger charge is 2.50. The molecule has 4 aliphatic rings. The summed E-state index contributed by atoms with van der Waals surface area (Å²) in [7, 11) is 0. The molecule has 3 saturated heterocycles. The van der Waals surface area contributed by atoms with Crippen molar-refractivity contribution in [1.82, 2.24) is 39.6 Å². The largest absolute Gasteiger partial charge is 0.419 e. The number of alkyl halides is 3. The van der Waals surface area contributed by atoms with Gasteiger partial charge in [-0.3, -0.25) is 38.8 Å². The summed E-state index contributed by atoms with van der Waals surface area (Å²) >= 11 is 1.25. The number of nitrogens with one attached hydrogen (secondary N) is 3. The number of piperidine rings is 2. The SMILES string of the molecule is CC(C)(O)Cn1cc(-c2nc(Nc3ccc(SNCCN4CCC5(CC4)CN(c4cccc6c4C(=O)N(C4CCC(=O)NC4=O)C6=O)C5)cc3F)ncc2C(F)(F)F)cn1. The first kappa shape index (κ1) is 41.3. The molecule has 1 spiro atoms. The molecule has 0 aliphatic carbocycles. The van der Waals surface area contributed by atoms with Crippen LogP contribution in [0.3, 0.4) is 0 Å². The van der Waals surface area contributed by atoms with Gasteiger partial charge in [0.05, 0.1) is 46.5 Å². The van der Waals surface area contributed by atoms with E-state index < -0.39 is 58.5 Å². The Balaban J connectivity index is 0.807. The molecular weight excluding hydrogens is 809 g/mol. The monoisotopic (exact) mass is 850 g/mol. The summed E-state index contributed by atoms with van der Waals surface area (Å²) in [4.78, 5) is 65.0. The maximum atomic E-state index is 15.2. The molecule has 1 atom stereocenters. The van der Waals surface area contributed by atoms with Gasteiger partial charge in [0.2, 0.25) is 17.8 Å². The summed E-state index contributed by atoms with van der Waals surface area (Å²) in [5, 5.41) is 19.0. The second kappa shape index (κ2) is 15.9. The average Bonchev–Trinajstić information content (AvgIpc) is 3.73. The lowest BCUT2D eigenvalue weighted by atomic mass is 9.71. The molecule has 4 amide bonds. The number of amides is 4. The molecule has 0 radical (unpaired) electrons. The van der Waals surface area contributed by atoms with E-state index >= 15 is 4.39 Å². The van der Waals surface area contributed by atoms with Crippen molar-refractivity contribution in [3.8, 4) is 11.3 Å². The second-order valence-electron chi connectivity index (χ2n) is 16.3. The molecule has 4 aromatic rings. The second-order valence-corrected chi connectivity index (χ2v) is 17.3. The maximum Gasteiger partial charge on any atom is 0.419 e. The number of aromatic nitrogens is 4. The van der Waals surface area contributed by atoms with Crippen molar-refractivity contribution in [2.24, 2.45) is 5.41 Å². The molecule has 2 aromatic heterocycles. The van der Waals surface area contributed by atoms with Crippen LogP contribution in [0.25, 0.3) is 11.3 Å². The number of halogens is 4. The molecular formula is C40H42F4N10O5S. The molecule has 6 heterocycles. The van der Waals surface area contributed by atoms with E-state index in [1.807, 2.05) is 6.07 Å². The van der Waals surface area contributed by atoms with Gasteiger partial charge in [0.15, 0.2) is 0 Å². The standard InChI is InChI=1S/C40H42F4N10O5S/c1-38(2,59)20-53-19-23(17-46-53)33-26(40(42,43)44)18-45-37(50-33)48-28-7-6-24(16-27(28)41)60-47-12-15-51-13-10-39(11-14-51)21-52(22-39)29-5-3-4-25-32(29)36(58)54(35(25)57)30-8-9-31(55)49-34(30)56/h3-7,16-19,30,47,59H,8-15,20-22H2,1-2H3,(H,45,48,50)(H,49,55,56). The van der Waals surface area contributed by atoms with E-state index in [1.165, 1.54) is 41.2 Å². The van der Waals surface area contributed by atoms with Gasteiger partial charge in [-0.05, 0) is 88.5 Å². The van der Waals surface area contributed by atoms with E-state index in [1.54, 1.807) is 32.0 Å². The van der Waals surface area contributed by atoms with Crippen molar-refractivity contribution in [3.63, 3.8) is 0 Å². The Labute approximate surface area is 346 Å². The lowest BCUT2D eigenvalue weighted by molar-refractivity contribution is -0.138. The minimum atomic E-state index is -4.76. The van der Waals surface area contributed by atoms with Crippen LogP contribution < -0.4 is 20.3 Å². The summed E-state index contributed by atoms with van der Waals surface area (Å²) < 4.78 is 61.4. The molecule has 2 aromatic carbocycles. The van der Waals surface area contributed by atoms with E-state index in [4.69, 9.17) is 0 Å². The smallest absolute Gasteiger partial charge is 0.389 e. The number of likely N-dealkylation sites (tertiary alicyclic amines) is 1. The molecule has 4 N–H and O–H groups in total. The predicted octanol–water partition coefficient (Wildman–Crippen LogP) is 4.61. The summed E-state index contributed by atoms with van der Waals surface area (Å²) in [5.74, 6) is -2.98. The molecule has 60 heavy (non-hydrogen) atoms. The van der Waals surface area contributed by atoms with E-state index in [9.17, 15) is 37.5 Å². The lowest BCUT2D eigenvalue weighted by Gasteiger charge is -2.55. The van der Waals surface area contributed by atoms with Crippen molar-refractivity contribution in [1.29, 1.82) is 0 Å². The first-order valence-electron chi connectivity index (χ1n) is 19.4. The number of benzene rings is 2. The van der Waals surface area contributed by atoms with Gasteiger partial charge in [-0.2, -0.15) is 18.3 Å². The number of anilines is 3. The Morgan fingerprint density at radius 2 is 1.80 bits per heavy atom. The number of aliphatic hydroxyl groups is 1. The summed E-state index contributed by atoms with van der Waals surface area (Å²) in [6.07, 6.45) is 0.505. The number of rotatable bonds is 12. The lowest BCUT2D eigenvalue weighted by Crippen LogP contribution is -2.61. The van der Waals surface area contributed by atoms with Crippen molar-refractivity contribution in [2.45, 2.75) is 68.8 Å². The average molecular weight is 851 g/mol. The zero-order valence-electron chi connectivity index (χ0n) is 32.7. The normalized spacial score (nSPS) is 19.5. The predicted molar refractivity (Wildman–Crippen MR) is 212 cm³/mol. The van der Waals surface area contributed by atoms with E-state index in [2.05, 4.69) is 40.2 Å². The van der Waals surface area contributed by atoms with Crippen molar-refractivity contribution in [3.05, 3.63) is 77.5 Å². The molecule has 8 rings (SSSR count). The number of nitrogens with zero attached hydrogens (tertiary/aromatic N) is 7. The highest BCUT2D eigenvalue weighted by molar-refractivity contribution is 7.97. The topological polar surface area (TPSA) is 178 Å². The zero-order chi connectivity index (χ0) is 42.6. The third kappa shape index (κ3) is 8.45. The first-order valence-corrected chi connectivity index (χ1v) is 20.3. The van der Waals surface area contributed by atoms with Crippen LogP contribution >= 0.6 is 11.9 Å². The van der Waals surface area contributed by atoms with Gasteiger partial charge < -0.3 is 20.2 Å². The summed E-state index contributed by atoms with van der Waals surface area (Å²) in [6.45, 7) is 7.75. The number of carbonyl (C=O) groups excluding carboxylic acids is 4. The van der Waals surface area contributed by atoms with Crippen LogP contribution in [0.15, 0.2) is 59.9 Å². The molecule has 0 saturated carbocycles. The first-order chi connectivity index (χ1) is 28.5. The van der Waals surface area contributed by atoms with Crippen LogP contribution in [0.1, 0.15) is 65.8 Å². The number of hydrogen-bond acceptors (Lipinski definition) is 13. The minimum absolute atomic E-state index is 0.0227. The van der Waals surface area contributed by atoms with Gasteiger partial charge in [0.25, 0.3) is 11.8 Å². The van der Waals surface area contributed by atoms with Crippen LogP contribution in [-0.4, -0.2) is 109 Å². The summed E-state index contributed by atoms with van der Waals surface area (Å²) in [6, 6.07) is 8.60. The number of carbonyl (C=O) groups is 4. The maximum absolute atomic E-state index is 15.2. The van der Waals surface area contributed by atoms with E-state index in [0.29, 0.717) is 28.9 Å². The van der Waals surface area contributed by atoms with Crippen molar-refractivity contribution in [2.75, 3.05) is 49.5 Å². The fourth-order valence-corrected chi connectivity index (χ4v) is 8.88.